The molecule has 0 saturated heterocycles. The summed E-state index contributed by atoms with van der Waals surface area (Å²) in [6.45, 7) is 10.2. The van der Waals surface area contributed by atoms with Crippen LogP contribution in [0.15, 0.2) is 25.3 Å². The third kappa shape index (κ3) is 18.6. The van der Waals surface area contributed by atoms with Gasteiger partial charge in [0.05, 0.1) is 26.4 Å². The van der Waals surface area contributed by atoms with E-state index in [4.69, 9.17) is 18.9 Å². The summed E-state index contributed by atoms with van der Waals surface area (Å²) in [4.78, 5) is 44.7. The van der Waals surface area contributed by atoms with Gasteiger partial charge in [0.1, 0.15) is 37.6 Å². The Bertz CT molecular complexity index is 888. The van der Waals surface area contributed by atoms with Crippen molar-refractivity contribution in [1.82, 2.24) is 0 Å². The van der Waals surface area contributed by atoms with Crippen LogP contribution in [0.2, 0.25) is 0 Å². The third-order valence-corrected chi connectivity index (χ3v) is 6.55. The standard InChI is InChI=1S/2C14H22O7.2Y/c1-4-10-5-6-12(11(15)7-10)21-14(17)20-9(2)8-19-13(16)18-3;1-4-10-5-6-11(15)12(7-10)21-14(17)20-9(2)8-19-13(16)18-3;;/h2*4,9-12,15H,1,5-8H2,2-3H3;;. The van der Waals surface area contributed by atoms with Crippen molar-refractivity contribution >= 4 is 24.6 Å². The summed E-state index contributed by atoms with van der Waals surface area (Å²) >= 11 is 0. The minimum atomic E-state index is -0.898. The average Bonchev–Trinajstić information content (AvgIpc) is 2.96. The molecule has 0 spiro atoms. The molecule has 8 unspecified atom stereocenters. The van der Waals surface area contributed by atoms with E-state index in [9.17, 15) is 29.4 Å². The predicted octanol–water partition coefficient (Wildman–Crippen LogP) is 4.05. The summed E-state index contributed by atoms with van der Waals surface area (Å²) in [6.07, 6.45) is -0.0887. The third-order valence-electron chi connectivity index (χ3n) is 6.55. The summed E-state index contributed by atoms with van der Waals surface area (Å²) in [5, 5.41) is 19.7. The number of carbonyl (C=O) groups excluding carboxylic acids is 4. The predicted molar refractivity (Wildman–Crippen MR) is 145 cm³/mol. The molecule has 0 bridgehead atoms. The second-order valence-corrected chi connectivity index (χ2v) is 9.95. The van der Waals surface area contributed by atoms with E-state index in [1.807, 2.05) is 0 Å². The number of rotatable bonds is 10. The Morgan fingerprint density at radius 2 is 1.11 bits per heavy atom. The molecule has 2 N–H and O–H groups in total. The Labute approximate surface area is 308 Å². The van der Waals surface area contributed by atoms with Crippen molar-refractivity contribution in [2.45, 2.75) is 89.0 Å². The Hall–Kier alpha value is -1.31. The van der Waals surface area contributed by atoms with E-state index in [-0.39, 0.29) is 90.5 Å². The molecule has 8 atom stereocenters. The molecule has 14 nitrogen and oxygen atoms in total. The van der Waals surface area contributed by atoms with Gasteiger partial charge in [0.2, 0.25) is 0 Å². The number of hydrogen-bond donors (Lipinski definition) is 2. The number of hydrogen-bond acceptors (Lipinski definition) is 14. The zero-order chi connectivity index (χ0) is 31.7. The Balaban J connectivity index is 0. The molecule has 2 aliphatic rings. The Morgan fingerprint density at radius 1 is 0.682 bits per heavy atom. The summed E-state index contributed by atoms with van der Waals surface area (Å²) in [5.41, 5.74) is 0. The van der Waals surface area contributed by atoms with Crippen LogP contribution in [-0.4, -0.2) is 98.9 Å². The molecule has 0 aromatic rings. The summed E-state index contributed by atoms with van der Waals surface area (Å²) < 4.78 is 37.9. The first-order valence-corrected chi connectivity index (χ1v) is 13.7. The molecule has 0 heterocycles. The molecule has 2 fully saturated rings. The van der Waals surface area contributed by atoms with Crippen LogP contribution < -0.4 is 0 Å². The van der Waals surface area contributed by atoms with Crippen LogP contribution in [0, 0.1) is 11.8 Å². The van der Waals surface area contributed by atoms with Crippen LogP contribution in [-0.2, 0) is 103 Å². The number of allylic oxidation sites excluding steroid dienone is 2. The van der Waals surface area contributed by atoms with Crippen LogP contribution in [0.3, 0.4) is 0 Å². The van der Waals surface area contributed by atoms with Crippen LogP contribution in [0.1, 0.15) is 52.4 Å². The normalized spacial score (nSPS) is 25.1. The zero-order valence-electron chi connectivity index (χ0n) is 25.8. The summed E-state index contributed by atoms with van der Waals surface area (Å²) in [6, 6.07) is 0. The van der Waals surface area contributed by atoms with Gasteiger partial charge in [-0.15, -0.1) is 13.2 Å². The molecule has 0 amide bonds. The maximum absolute atomic E-state index is 11.6. The first-order chi connectivity index (χ1) is 19.9. The second kappa shape index (κ2) is 24.9. The van der Waals surface area contributed by atoms with Crippen molar-refractivity contribution in [3.05, 3.63) is 25.3 Å². The van der Waals surface area contributed by atoms with Crippen molar-refractivity contribution < 1.29 is 133 Å². The van der Waals surface area contributed by atoms with E-state index in [0.29, 0.717) is 25.7 Å². The molecule has 44 heavy (non-hydrogen) atoms. The quantitative estimate of drug-likeness (QED) is 0.184. The van der Waals surface area contributed by atoms with Gasteiger partial charge < -0.3 is 48.1 Å². The molecular weight excluding hydrogens is 738 g/mol. The zero-order valence-corrected chi connectivity index (χ0v) is 31.5. The Morgan fingerprint density at radius 3 is 1.55 bits per heavy atom. The first kappa shape index (κ1) is 44.8. The smallest absolute Gasteiger partial charge is 0.438 e. The van der Waals surface area contributed by atoms with Crippen molar-refractivity contribution in [3.8, 4) is 0 Å². The number of carbonyl (C=O) groups is 4. The van der Waals surface area contributed by atoms with E-state index < -0.39 is 61.2 Å². The van der Waals surface area contributed by atoms with E-state index in [1.54, 1.807) is 26.0 Å². The number of methoxy groups -OCH3 is 2. The summed E-state index contributed by atoms with van der Waals surface area (Å²) in [5.74, 6) is 0.453. The molecule has 16 heteroatoms. The molecule has 246 valence electrons. The average molecular weight is 782 g/mol. The van der Waals surface area contributed by atoms with Gasteiger partial charge in [-0.3, -0.25) is 0 Å². The number of aliphatic hydroxyl groups excluding tert-OH is 2. The van der Waals surface area contributed by atoms with Gasteiger partial charge in [0, 0.05) is 65.4 Å². The molecule has 2 aliphatic carbocycles. The van der Waals surface area contributed by atoms with Crippen LogP contribution in [0.4, 0.5) is 19.2 Å². The monoisotopic (exact) mass is 782 g/mol. The van der Waals surface area contributed by atoms with E-state index >= 15 is 0 Å². The van der Waals surface area contributed by atoms with Crippen molar-refractivity contribution in [1.29, 1.82) is 0 Å². The fourth-order valence-corrected chi connectivity index (χ4v) is 4.17. The molecule has 0 aromatic heterocycles. The van der Waals surface area contributed by atoms with Crippen LogP contribution >= 0.6 is 0 Å². The van der Waals surface area contributed by atoms with Crippen molar-refractivity contribution in [2.75, 3.05) is 27.4 Å². The molecule has 2 saturated carbocycles. The SMILES string of the molecule is C=CC1CCC(O)C(OC(=O)OC(C)COC(=O)OC)C1.C=CC1CCC(OC(=O)OC(C)COC(=O)OC)C(O)C1.[Y].[Y]. The van der Waals surface area contributed by atoms with Crippen molar-refractivity contribution in [3.63, 3.8) is 0 Å². The minimum absolute atomic E-state index is 0. The maximum atomic E-state index is 11.6. The fraction of sp³-hybridized carbons (Fsp3) is 0.714. The van der Waals surface area contributed by atoms with Gasteiger partial charge in [-0.05, 0) is 64.2 Å². The first-order valence-electron chi connectivity index (χ1n) is 13.7. The summed E-state index contributed by atoms with van der Waals surface area (Å²) in [7, 11) is 2.37. The molecule has 2 rings (SSSR count). The number of aliphatic hydroxyl groups is 2. The largest absolute Gasteiger partial charge is 0.509 e. The molecular formula is C28H44O14Y2. The van der Waals surface area contributed by atoms with E-state index in [0.717, 1.165) is 12.8 Å². The van der Waals surface area contributed by atoms with Crippen LogP contribution in [0.5, 0.6) is 0 Å². The van der Waals surface area contributed by atoms with Gasteiger partial charge in [-0.25, -0.2) is 19.2 Å². The number of ether oxygens (including phenoxy) is 8. The van der Waals surface area contributed by atoms with Gasteiger partial charge in [0.25, 0.3) is 0 Å². The minimum Gasteiger partial charge on any atom is -0.438 e. The van der Waals surface area contributed by atoms with Gasteiger partial charge in [-0.2, -0.15) is 0 Å². The van der Waals surface area contributed by atoms with Crippen LogP contribution in [0.25, 0.3) is 0 Å². The fourth-order valence-electron chi connectivity index (χ4n) is 4.17. The van der Waals surface area contributed by atoms with Gasteiger partial charge in [0.15, 0.2) is 0 Å². The van der Waals surface area contributed by atoms with Gasteiger partial charge in [-0.1, -0.05) is 12.2 Å². The molecule has 2 radical (unpaired) electrons. The van der Waals surface area contributed by atoms with Gasteiger partial charge >= 0.3 is 24.6 Å². The van der Waals surface area contributed by atoms with E-state index in [1.165, 1.54) is 14.2 Å². The molecule has 0 aromatic carbocycles. The van der Waals surface area contributed by atoms with E-state index in [2.05, 4.69) is 32.1 Å². The van der Waals surface area contributed by atoms with Crippen molar-refractivity contribution in [2.24, 2.45) is 11.8 Å². The topological polar surface area (TPSA) is 183 Å². The molecule has 0 aliphatic heterocycles. The Kier molecular flexibility index (Phi) is 25.3. The maximum Gasteiger partial charge on any atom is 0.509 e. The second-order valence-electron chi connectivity index (χ2n) is 9.95.